The molecule has 0 fully saturated rings. The highest BCUT2D eigenvalue weighted by molar-refractivity contribution is 5.97. The SMILES string of the molecule is COc1ccc(C(=O)NCC(=O)NC(C)c2ccc3c(c2)CCCC3)cc1OC. The van der Waals surface area contributed by atoms with Gasteiger partial charge in [0.1, 0.15) is 0 Å². The minimum absolute atomic E-state index is 0.0948. The van der Waals surface area contributed by atoms with Crippen molar-refractivity contribution in [2.75, 3.05) is 20.8 Å². The van der Waals surface area contributed by atoms with E-state index in [1.807, 2.05) is 6.92 Å². The lowest BCUT2D eigenvalue weighted by Gasteiger charge is -2.20. The third-order valence-corrected chi connectivity index (χ3v) is 5.31. The second-order valence-corrected chi connectivity index (χ2v) is 7.28. The van der Waals surface area contributed by atoms with E-state index in [9.17, 15) is 9.59 Å². The second-order valence-electron chi connectivity index (χ2n) is 7.28. The van der Waals surface area contributed by atoms with Gasteiger partial charge in [0.15, 0.2) is 11.5 Å². The quantitative estimate of drug-likeness (QED) is 0.754. The molecule has 0 bridgehead atoms. The van der Waals surface area contributed by atoms with Gasteiger partial charge >= 0.3 is 0 Å². The number of benzene rings is 2. The molecule has 0 saturated heterocycles. The number of fused-ring (bicyclic) bond motifs is 1. The maximum absolute atomic E-state index is 12.3. The number of rotatable bonds is 7. The van der Waals surface area contributed by atoms with Gasteiger partial charge in [-0.05, 0) is 67.5 Å². The average Bonchev–Trinajstić information content (AvgIpc) is 2.76. The number of ether oxygens (including phenoxy) is 2. The van der Waals surface area contributed by atoms with Gasteiger partial charge in [0, 0.05) is 5.56 Å². The van der Waals surface area contributed by atoms with Crippen LogP contribution in [0.2, 0.25) is 0 Å². The summed E-state index contributed by atoms with van der Waals surface area (Å²) in [5.41, 5.74) is 4.29. The summed E-state index contributed by atoms with van der Waals surface area (Å²) in [7, 11) is 3.04. The van der Waals surface area contributed by atoms with E-state index in [0.717, 1.165) is 18.4 Å². The van der Waals surface area contributed by atoms with Gasteiger partial charge in [-0.1, -0.05) is 18.2 Å². The molecule has 29 heavy (non-hydrogen) atoms. The van der Waals surface area contributed by atoms with Crippen molar-refractivity contribution in [1.82, 2.24) is 10.6 Å². The van der Waals surface area contributed by atoms with E-state index >= 15 is 0 Å². The van der Waals surface area contributed by atoms with E-state index in [-0.39, 0.29) is 24.4 Å². The number of hydrogen-bond donors (Lipinski definition) is 2. The van der Waals surface area contributed by atoms with Gasteiger partial charge in [0.2, 0.25) is 5.91 Å². The highest BCUT2D eigenvalue weighted by Gasteiger charge is 2.16. The van der Waals surface area contributed by atoms with Gasteiger partial charge in [0.25, 0.3) is 5.91 Å². The first-order valence-electron chi connectivity index (χ1n) is 9.93. The molecule has 3 rings (SSSR count). The molecule has 1 atom stereocenters. The van der Waals surface area contributed by atoms with Crippen LogP contribution in [0.15, 0.2) is 36.4 Å². The smallest absolute Gasteiger partial charge is 0.251 e. The Bertz CT molecular complexity index is 894. The fourth-order valence-corrected chi connectivity index (χ4v) is 3.64. The number of carbonyl (C=O) groups is 2. The topological polar surface area (TPSA) is 76.7 Å². The Hall–Kier alpha value is -3.02. The first-order valence-corrected chi connectivity index (χ1v) is 9.93. The third kappa shape index (κ3) is 5.08. The van der Waals surface area contributed by atoms with Crippen LogP contribution in [0.3, 0.4) is 0 Å². The predicted molar refractivity (Wildman–Crippen MR) is 112 cm³/mol. The summed E-state index contributed by atoms with van der Waals surface area (Å²) in [5.74, 6) is 0.429. The molecule has 0 saturated carbocycles. The van der Waals surface area contributed by atoms with Gasteiger partial charge < -0.3 is 20.1 Å². The summed E-state index contributed by atoms with van der Waals surface area (Å²) in [6, 6.07) is 11.2. The molecule has 0 radical (unpaired) electrons. The zero-order chi connectivity index (χ0) is 20.8. The van der Waals surface area contributed by atoms with Crippen LogP contribution in [0.25, 0.3) is 0 Å². The van der Waals surface area contributed by atoms with Crippen molar-refractivity contribution in [2.24, 2.45) is 0 Å². The molecule has 1 aliphatic carbocycles. The lowest BCUT2D eigenvalue weighted by atomic mass is 9.89. The van der Waals surface area contributed by atoms with E-state index in [0.29, 0.717) is 17.1 Å². The second kappa shape index (κ2) is 9.45. The van der Waals surface area contributed by atoms with Crippen LogP contribution >= 0.6 is 0 Å². The number of methoxy groups -OCH3 is 2. The van der Waals surface area contributed by atoms with Crippen LogP contribution in [0.4, 0.5) is 0 Å². The average molecular weight is 396 g/mol. The van der Waals surface area contributed by atoms with Crippen LogP contribution in [0.1, 0.15) is 52.9 Å². The summed E-state index contributed by atoms with van der Waals surface area (Å²) < 4.78 is 10.4. The molecule has 6 heteroatoms. The molecule has 2 amide bonds. The minimum Gasteiger partial charge on any atom is -0.493 e. The Balaban J connectivity index is 1.55. The van der Waals surface area contributed by atoms with Gasteiger partial charge in [-0.25, -0.2) is 0 Å². The van der Waals surface area contributed by atoms with E-state index in [1.54, 1.807) is 18.2 Å². The molecule has 2 N–H and O–H groups in total. The highest BCUT2D eigenvalue weighted by atomic mass is 16.5. The molecular formula is C23H28N2O4. The molecule has 6 nitrogen and oxygen atoms in total. The molecule has 1 unspecified atom stereocenters. The van der Waals surface area contributed by atoms with E-state index < -0.39 is 0 Å². The van der Waals surface area contributed by atoms with Gasteiger partial charge in [-0.15, -0.1) is 0 Å². The van der Waals surface area contributed by atoms with Crippen molar-refractivity contribution >= 4 is 11.8 Å². The van der Waals surface area contributed by atoms with E-state index in [4.69, 9.17) is 9.47 Å². The van der Waals surface area contributed by atoms with Crippen molar-refractivity contribution in [3.63, 3.8) is 0 Å². The zero-order valence-electron chi connectivity index (χ0n) is 17.2. The molecule has 0 spiro atoms. The van der Waals surface area contributed by atoms with Crippen LogP contribution < -0.4 is 20.1 Å². The van der Waals surface area contributed by atoms with Crippen molar-refractivity contribution in [3.8, 4) is 11.5 Å². The van der Waals surface area contributed by atoms with Crippen molar-refractivity contribution < 1.29 is 19.1 Å². The molecular weight excluding hydrogens is 368 g/mol. The molecule has 154 valence electrons. The molecule has 2 aromatic rings. The largest absolute Gasteiger partial charge is 0.493 e. The van der Waals surface area contributed by atoms with Crippen LogP contribution in [-0.2, 0) is 17.6 Å². The van der Waals surface area contributed by atoms with Crippen molar-refractivity contribution in [3.05, 3.63) is 58.7 Å². The lowest BCUT2D eigenvalue weighted by Crippen LogP contribution is -2.38. The summed E-state index contributed by atoms with van der Waals surface area (Å²) >= 11 is 0. The summed E-state index contributed by atoms with van der Waals surface area (Å²) in [6.45, 7) is 1.86. The summed E-state index contributed by atoms with van der Waals surface area (Å²) in [6.07, 6.45) is 4.71. The van der Waals surface area contributed by atoms with Crippen molar-refractivity contribution in [1.29, 1.82) is 0 Å². The normalized spacial score (nSPS) is 13.8. The summed E-state index contributed by atoms with van der Waals surface area (Å²) in [5, 5.41) is 5.60. The maximum Gasteiger partial charge on any atom is 0.251 e. The predicted octanol–water partition coefficient (Wildman–Crippen LogP) is 3.19. The summed E-state index contributed by atoms with van der Waals surface area (Å²) in [4.78, 5) is 24.6. The first-order chi connectivity index (χ1) is 14.0. The van der Waals surface area contributed by atoms with Crippen LogP contribution in [0, 0.1) is 0 Å². The number of nitrogens with one attached hydrogen (secondary N) is 2. The van der Waals surface area contributed by atoms with Gasteiger partial charge in [-0.2, -0.15) is 0 Å². The van der Waals surface area contributed by atoms with Crippen molar-refractivity contribution in [2.45, 2.75) is 38.6 Å². The lowest BCUT2D eigenvalue weighted by molar-refractivity contribution is -0.120. The molecule has 1 aliphatic rings. The Kier molecular flexibility index (Phi) is 6.75. The molecule has 0 heterocycles. The van der Waals surface area contributed by atoms with E-state index in [1.165, 1.54) is 38.2 Å². The van der Waals surface area contributed by atoms with Gasteiger partial charge in [0.05, 0.1) is 26.8 Å². The Labute approximate surface area is 171 Å². The van der Waals surface area contributed by atoms with Gasteiger partial charge in [-0.3, -0.25) is 9.59 Å². The fourth-order valence-electron chi connectivity index (χ4n) is 3.64. The maximum atomic E-state index is 12.3. The third-order valence-electron chi connectivity index (χ3n) is 5.31. The monoisotopic (exact) mass is 396 g/mol. The number of hydrogen-bond acceptors (Lipinski definition) is 4. The Morgan fingerprint density at radius 1 is 0.966 bits per heavy atom. The minimum atomic E-state index is -0.345. The fraction of sp³-hybridized carbons (Fsp3) is 0.391. The molecule has 2 aromatic carbocycles. The number of aryl methyl sites for hydroxylation is 2. The van der Waals surface area contributed by atoms with Crippen LogP contribution in [0.5, 0.6) is 11.5 Å². The first kappa shape index (κ1) is 20.7. The molecule has 0 aromatic heterocycles. The standard InChI is InChI=1S/C23H28N2O4/c1-15(17-9-8-16-6-4-5-7-18(16)12-17)25-22(26)14-24-23(27)19-10-11-20(28-2)21(13-19)29-3/h8-13,15H,4-7,14H2,1-3H3,(H,24,27)(H,25,26). The molecule has 0 aliphatic heterocycles. The van der Waals surface area contributed by atoms with E-state index in [2.05, 4.69) is 28.8 Å². The number of amides is 2. The zero-order valence-corrected chi connectivity index (χ0v) is 17.2. The van der Waals surface area contributed by atoms with Crippen LogP contribution in [-0.4, -0.2) is 32.6 Å². The Morgan fingerprint density at radius 3 is 2.41 bits per heavy atom. The Morgan fingerprint density at radius 2 is 1.69 bits per heavy atom. The number of carbonyl (C=O) groups excluding carboxylic acids is 2. The highest BCUT2D eigenvalue weighted by Crippen LogP contribution is 2.27.